The fraction of sp³-hybridized carbons (Fsp3) is 0.105. The first-order chi connectivity index (χ1) is 11.6. The predicted octanol–water partition coefficient (Wildman–Crippen LogP) is 2.72. The predicted molar refractivity (Wildman–Crippen MR) is 93.5 cm³/mol. The standard InChI is InChI=1S/C19H15N3O2/c1-22(2)19-20-16-13-5-3-4-6-14(13)18(24)15(17(16)21-19)11-7-9-12(23)10-8-11/h3-10,23H,1-2H3. The zero-order valence-electron chi connectivity index (χ0n) is 13.3. The Morgan fingerprint density at radius 1 is 0.917 bits per heavy atom. The average Bonchev–Trinajstić information content (AvgIpc) is 3.02. The maximum absolute atomic E-state index is 13.1. The summed E-state index contributed by atoms with van der Waals surface area (Å²) in [6.45, 7) is 0. The second-order valence-electron chi connectivity index (χ2n) is 5.91. The maximum Gasteiger partial charge on any atom is 0.226 e. The van der Waals surface area contributed by atoms with Crippen LogP contribution in [0.5, 0.6) is 5.75 Å². The van der Waals surface area contributed by atoms with Crippen molar-refractivity contribution < 1.29 is 9.90 Å². The van der Waals surface area contributed by atoms with Crippen LogP contribution in [-0.2, 0) is 0 Å². The fourth-order valence-corrected chi connectivity index (χ4v) is 2.92. The van der Waals surface area contributed by atoms with Crippen molar-refractivity contribution in [1.82, 2.24) is 4.90 Å². The van der Waals surface area contributed by atoms with Gasteiger partial charge in [0.2, 0.25) is 5.96 Å². The van der Waals surface area contributed by atoms with E-state index in [0.29, 0.717) is 22.8 Å². The normalized spacial score (nSPS) is 15.7. The van der Waals surface area contributed by atoms with Crippen LogP contribution < -0.4 is 0 Å². The lowest BCUT2D eigenvalue weighted by atomic mass is 9.84. The van der Waals surface area contributed by atoms with E-state index in [2.05, 4.69) is 9.98 Å². The molecule has 0 aromatic heterocycles. The lowest BCUT2D eigenvalue weighted by Crippen LogP contribution is -2.20. The van der Waals surface area contributed by atoms with Crippen molar-refractivity contribution in [3.8, 4) is 5.75 Å². The third-order valence-electron chi connectivity index (χ3n) is 4.09. The molecule has 5 heteroatoms. The molecule has 0 bridgehead atoms. The molecule has 1 aliphatic carbocycles. The zero-order valence-corrected chi connectivity index (χ0v) is 13.3. The van der Waals surface area contributed by atoms with E-state index in [1.165, 1.54) is 0 Å². The van der Waals surface area contributed by atoms with Gasteiger partial charge >= 0.3 is 0 Å². The van der Waals surface area contributed by atoms with Crippen LogP contribution in [-0.4, -0.2) is 41.6 Å². The first kappa shape index (κ1) is 14.4. The highest BCUT2D eigenvalue weighted by molar-refractivity contribution is 6.43. The summed E-state index contributed by atoms with van der Waals surface area (Å²) in [4.78, 5) is 24.1. The van der Waals surface area contributed by atoms with Crippen LogP contribution in [0.2, 0.25) is 0 Å². The number of aromatic hydroxyl groups is 1. The topological polar surface area (TPSA) is 65.3 Å². The molecule has 0 radical (unpaired) electrons. The Bertz CT molecular complexity index is 951. The number of fused-ring (bicyclic) bond motifs is 3. The Morgan fingerprint density at radius 3 is 2.25 bits per heavy atom. The van der Waals surface area contributed by atoms with Crippen LogP contribution in [0.1, 0.15) is 21.5 Å². The van der Waals surface area contributed by atoms with Crippen molar-refractivity contribution in [2.24, 2.45) is 9.98 Å². The summed E-state index contributed by atoms with van der Waals surface area (Å²) in [5.74, 6) is 0.653. The highest BCUT2D eigenvalue weighted by atomic mass is 16.3. The highest BCUT2D eigenvalue weighted by Crippen LogP contribution is 2.36. The average molecular weight is 317 g/mol. The van der Waals surface area contributed by atoms with E-state index in [1.807, 2.05) is 43.3 Å². The van der Waals surface area contributed by atoms with Gasteiger partial charge in [0.15, 0.2) is 5.78 Å². The number of nitrogens with zero attached hydrogens (tertiary/aromatic N) is 3. The Morgan fingerprint density at radius 2 is 1.58 bits per heavy atom. The molecule has 5 nitrogen and oxygen atoms in total. The minimum atomic E-state index is -0.0750. The van der Waals surface area contributed by atoms with E-state index in [1.54, 1.807) is 24.3 Å². The van der Waals surface area contributed by atoms with Gasteiger partial charge in [0.05, 0.1) is 5.57 Å². The number of phenolic OH excluding ortho intramolecular Hbond substituents is 1. The van der Waals surface area contributed by atoms with Crippen LogP contribution >= 0.6 is 0 Å². The van der Waals surface area contributed by atoms with Gasteiger partial charge in [0.1, 0.15) is 17.2 Å². The molecule has 2 aliphatic rings. The van der Waals surface area contributed by atoms with E-state index < -0.39 is 0 Å². The van der Waals surface area contributed by atoms with Crippen molar-refractivity contribution in [1.29, 1.82) is 0 Å². The molecular weight excluding hydrogens is 302 g/mol. The molecule has 1 heterocycles. The Hall–Kier alpha value is -3.21. The summed E-state index contributed by atoms with van der Waals surface area (Å²) in [5, 5.41) is 9.52. The fourth-order valence-electron chi connectivity index (χ4n) is 2.92. The van der Waals surface area contributed by atoms with Crippen molar-refractivity contribution in [2.45, 2.75) is 0 Å². The lowest BCUT2D eigenvalue weighted by molar-refractivity contribution is 0.105. The van der Waals surface area contributed by atoms with Crippen LogP contribution in [0.15, 0.2) is 64.2 Å². The van der Waals surface area contributed by atoms with Gasteiger partial charge < -0.3 is 10.0 Å². The molecule has 118 valence electrons. The van der Waals surface area contributed by atoms with Crippen molar-refractivity contribution in [3.05, 3.63) is 70.9 Å². The SMILES string of the molecule is CN(C)C1=NC2=C(c3ccc(O)cc3)C(=O)c3ccccc3C2=N1. The van der Waals surface area contributed by atoms with Crippen LogP contribution in [0.25, 0.3) is 5.57 Å². The summed E-state index contributed by atoms with van der Waals surface area (Å²) < 4.78 is 0. The number of Topliss-reactive ketones (excluding diaryl/α,β-unsaturated/α-hetero) is 1. The monoisotopic (exact) mass is 317 g/mol. The number of hydrogen-bond acceptors (Lipinski definition) is 5. The molecule has 0 saturated carbocycles. The first-order valence-corrected chi connectivity index (χ1v) is 7.59. The minimum absolute atomic E-state index is 0.0750. The van der Waals surface area contributed by atoms with Crippen LogP contribution in [0, 0.1) is 0 Å². The van der Waals surface area contributed by atoms with Crippen LogP contribution in [0.4, 0.5) is 0 Å². The van der Waals surface area contributed by atoms with Crippen LogP contribution in [0.3, 0.4) is 0 Å². The summed E-state index contributed by atoms with van der Waals surface area (Å²) >= 11 is 0. The molecule has 2 aromatic rings. The molecule has 4 rings (SSSR count). The summed E-state index contributed by atoms with van der Waals surface area (Å²) in [5.41, 5.74) is 3.98. The zero-order chi connectivity index (χ0) is 16.8. The molecule has 0 unspecified atom stereocenters. The van der Waals surface area contributed by atoms with Crippen molar-refractivity contribution in [3.63, 3.8) is 0 Å². The molecule has 0 spiro atoms. The Balaban J connectivity index is 2.00. The van der Waals surface area contributed by atoms with E-state index in [9.17, 15) is 9.90 Å². The smallest absolute Gasteiger partial charge is 0.226 e. The van der Waals surface area contributed by atoms with Gasteiger partial charge in [-0.1, -0.05) is 36.4 Å². The molecule has 2 aromatic carbocycles. The van der Waals surface area contributed by atoms with Crippen molar-refractivity contribution >= 4 is 23.0 Å². The number of guanidine groups is 1. The Kier molecular flexibility index (Phi) is 3.09. The third kappa shape index (κ3) is 2.06. The van der Waals surface area contributed by atoms with E-state index >= 15 is 0 Å². The van der Waals surface area contributed by atoms with Gasteiger partial charge in [0.25, 0.3) is 0 Å². The number of carbonyl (C=O) groups is 1. The van der Waals surface area contributed by atoms with E-state index in [0.717, 1.165) is 16.8 Å². The van der Waals surface area contributed by atoms with E-state index in [4.69, 9.17) is 0 Å². The summed E-state index contributed by atoms with van der Waals surface area (Å²) in [6, 6.07) is 14.0. The quantitative estimate of drug-likeness (QED) is 0.879. The van der Waals surface area contributed by atoms with Gasteiger partial charge in [-0.05, 0) is 17.7 Å². The van der Waals surface area contributed by atoms with Crippen molar-refractivity contribution in [2.75, 3.05) is 14.1 Å². The number of carbonyl (C=O) groups excluding carboxylic acids is 1. The number of phenols is 1. The number of ketones is 1. The van der Waals surface area contributed by atoms with E-state index in [-0.39, 0.29) is 11.5 Å². The maximum atomic E-state index is 13.1. The summed E-state index contributed by atoms with van der Waals surface area (Å²) in [7, 11) is 3.74. The molecule has 0 saturated heterocycles. The van der Waals surface area contributed by atoms with Gasteiger partial charge in [-0.25, -0.2) is 9.98 Å². The third-order valence-corrected chi connectivity index (χ3v) is 4.09. The van der Waals surface area contributed by atoms with Gasteiger partial charge in [-0.2, -0.15) is 0 Å². The van der Waals surface area contributed by atoms with Gasteiger partial charge in [-0.15, -0.1) is 0 Å². The Labute approximate surface area is 139 Å². The molecule has 0 amide bonds. The molecule has 1 N–H and O–H groups in total. The molecule has 1 aliphatic heterocycles. The largest absolute Gasteiger partial charge is 0.508 e. The second-order valence-corrected chi connectivity index (χ2v) is 5.91. The van der Waals surface area contributed by atoms with Gasteiger partial charge in [0, 0.05) is 25.2 Å². The number of benzene rings is 2. The lowest BCUT2D eigenvalue weighted by Gasteiger charge is -2.19. The minimum Gasteiger partial charge on any atom is -0.508 e. The molecule has 0 fully saturated rings. The number of aliphatic imine (C=N–C) groups is 2. The second kappa shape index (κ2) is 5.16. The number of hydrogen-bond donors (Lipinski definition) is 1. The molecular formula is C19H15N3O2. The molecule has 24 heavy (non-hydrogen) atoms. The van der Waals surface area contributed by atoms with Gasteiger partial charge in [-0.3, -0.25) is 4.79 Å². The molecule has 0 atom stereocenters. The highest BCUT2D eigenvalue weighted by Gasteiger charge is 2.34. The number of allylic oxidation sites excluding steroid dienone is 2. The first-order valence-electron chi connectivity index (χ1n) is 7.59. The number of rotatable bonds is 1. The summed E-state index contributed by atoms with van der Waals surface area (Å²) in [6.07, 6.45) is 0.